The van der Waals surface area contributed by atoms with Crippen molar-refractivity contribution in [1.29, 1.82) is 0 Å². The number of ether oxygens (including phenoxy) is 2. The van der Waals surface area contributed by atoms with E-state index in [1.165, 1.54) is 0 Å². The van der Waals surface area contributed by atoms with Gasteiger partial charge in [0.1, 0.15) is 17.8 Å². The highest BCUT2D eigenvalue weighted by molar-refractivity contribution is 5.70. The summed E-state index contributed by atoms with van der Waals surface area (Å²) in [5.74, 6) is -0.155. The van der Waals surface area contributed by atoms with Gasteiger partial charge < -0.3 is 30.5 Å². The minimum atomic E-state index is -2.33. The maximum atomic E-state index is 13.1. The Labute approximate surface area is 318 Å². The van der Waals surface area contributed by atoms with Gasteiger partial charge in [-0.3, -0.25) is 9.68 Å². The van der Waals surface area contributed by atoms with Gasteiger partial charge in [-0.25, -0.2) is 4.79 Å². The molecule has 5 N–H and O–H groups in total. The fourth-order valence-corrected chi connectivity index (χ4v) is 6.79. The summed E-state index contributed by atoms with van der Waals surface area (Å²) in [6.07, 6.45) is -1.66. The number of esters is 1. The minimum absolute atomic E-state index is 0.0122. The highest BCUT2D eigenvalue weighted by Gasteiger charge is 2.72. The van der Waals surface area contributed by atoms with Crippen molar-refractivity contribution in [2.45, 2.75) is 88.5 Å². The van der Waals surface area contributed by atoms with Crippen molar-refractivity contribution in [3.63, 3.8) is 0 Å². The quantitative estimate of drug-likeness (QED) is 0.0494. The third-order valence-electron chi connectivity index (χ3n) is 9.37. The first-order valence-corrected chi connectivity index (χ1v) is 18.1. The molecule has 4 aromatic rings. The third-order valence-corrected chi connectivity index (χ3v) is 9.37. The number of carbonyl (C=O) groups is 2. The van der Waals surface area contributed by atoms with Gasteiger partial charge in [0.25, 0.3) is 0 Å². The Bertz CT molecular complexity index is 1750. The van der Waals surface area contributed by atoms with E-state index in [2.05, 4.69) is 6.58 Å². The summed E-state index contributed by atoms with van der Waals surface area (Å²) in [4.78, 5) is 32.7. The smallest absolute Gasteiger partial charge is 0.436 e. The van der Waals surface area contributed by atoms with Gasteiger partial charge in [0.05, 0.1) is 12.5 Å². The van der Waals surface area contributed by atoms with Crippen LogP contribution in [0.2, 0.25) is 0 Å². The number of benzene rings is 4. The van der Waals surface area contributed by atoms with Crippen LogP contribution >= 0.6 is 0 Å². The van der Waals surface area contributed by atoms with Crippen molar-refractivity contribution in [1.82, 2.24) is 0 Å². The largest absolute Gasteiger partial charge is 0.461 e. The van der Waals surface area contributed by atoms with E-state index < -0.39 is 35.3 Å². The lowest BCUT2D eigenvalue weighted by Crippen LogP contribution is -2.82. The van der Waals surface area contributed by atoms with Gasteiger partial charge in [0, 0.05) is 19.3 Å². The molecule has 4 aromatic carbocycles. The highest BCUT2D eigenvalue weighted by Crippen LogP contribution is 2.51. The van der Waals surface area contributed by atoms with Crippen LogP contribution in [0.3, 0.4) is 0 Å². The number of hydrogen-bond acceptors (Lipinski definition) is 9. The van der Waals surface area contributed by atoms with Crippen molar-refractivity contribution in [2.75, 3.05) is 6.61 Å². The fourth-order valence-electron chi connectivity index (χ4n) is 6.79. The molecule has 1 heterocycles. The molecule has 1 fully saturated rings. The molecule has 1 saturated heterocycles. The van der Waals surface area contributed by atoms with Crippen molar-refractivity contribution in [3.05, 3.63) is 156 Å². The van der Waals surface area contributed by atoms with Gasteiger partial charge in [0.15, 0.2) is 5.60 Å². The van der Waals surface area contributed by atoms with E-state index in [-0.39, 0.29) is 37.1 Å². The first kappa shape index (κ1) is 41.9. The molecule has 54 heavy (non-hydrogen) atoms. The van der Waals surface area contributed by atoms with E-state index in [1.807, 2.05) is 118 Å². The molecule has 1 amide bonds. The monoisotopic (exact) mass is 739 g/mol. The van der Waals surface area contributed by atoms with Crippen LogP contribution in [-0.2, 0) is 49.7 Å². The fraction of sp³-hybridized carbons (Fsp3) is 0.364. The van der Waals surface area contributed by atoms with Crippen LogP contribution in [0.4, 0.5) is 4.79 Å². The van der Waals surface area contributed by atoms with Gasteiger partial charge >= 0.3 is 12.1 Å². The zero-order chi connectivity index (χ0) is 39.2. The third kappa shape index (κ3) is 11.1. The molecule has 0 spiro atoms. The Morgan fingerprint density at radius 3 is 1.63 bits per heavy atom. The van der Waals surface area contributed by atoms with Crippen molar-refractivity contribution in [2.24, 2.45) is 11.1 Å². The van der Waals surface area contributed by atoms with Gasteiger partial charge in [-0.1, -0.05) is 155 Å². The molecule has 10 heteroatoms. The van der Waals surface area contributed by atoms with Crippen LogP contribution in [0, 0.1) is 5.41 Å². The van der Waals surface area contributed by atoms with Crippen LogP contribution in [-0.4, -0.2) is 63.2 Å². The lowest BCUT2D eigenvalue weighted by Gasteiger charge is -2.60. The lowest BCUT2D eigenvalue weighted by atomic mass is 9.59. The molecule has 288 valence electrons. The lowest BCUT2D eigenvalue weighted by molar-refractivity contribution is -0.456. The SMILES string of the molecule is C=CCOC(=O)CC(C)(C)C.NC(=O)OO[C@@H]1O[C@H](CCc2ccccc2)[C@](O)(Cc2ccccc2)[C@@](O)(Cc2ccccc2)[C@]1(O)Cc1ccccc1. The van der Waals surface area contributed by atoms with Gasteiger partial charge in [-0.05, 0) is 40.5 Å². The molecule has 1 aliphatic heterocycles. The topological polar surface area (TPSA) is 158 Å². The van der Waals surface area contributed by atoms with Crippen LogP contribution in [0.1, 0.15) is 55.9 Å². The Balaban J connectivity index is 0.000000514. The number of amides is 1. The summed E-state index contributed by atoms with van der Waals surface area (Å²) in [5, 5.41) is 38.7. The standard InChI is InChI=1S/C35H37NO7.C9H16O2/c36-32(37)43-42-31-34(39,24-28-17-9-3-10-18-28)35(40,25-29-19-11-4-12-20-29)33(38,23-27-15-7-2-8-16-27)30(41-31)22-21-26-13-5-1-6-14-26;1-5-6-11-8(10)7-9(2,3)4/h1-20,30-31,38-40H,21-25H2,(H2,36,37);5H,1,6-7H2,2-4H3/t30-,31+,33-,34+,35+;/m1./s1. The Morgan fingerprint density at radius 2 is 1.19 bits per heavy atom. The minimum Gasteiger partial charge on any atom is -0.461 e. The molecule has 5 atom stereocenters. The molecule has 0 aliphatic carbocycles. The van der Waals surface area contributed by atoms with Crippen LogP contribution in [0.25, 0.3) is 0 Å². The van der Waals surface area contributed by atoms with E-state index >= 15 is 0 Å². The number of aliphatic hydroxyl groups is 3. The molecule has 10 nitrogen and oxygen atoms in total. The van der Waals surface area contributed by atoms with Gasteiger partial charge in [-0.2, -0.15) is 0 Å². The van der Waals surface area contributed by atoms with Crippen molar-refractivity contribution < 1.29 is 44.2 Å². The van der Waals surface area contributed by atoms with Crippen LogP contribution in [0.15, 0.2) is 134 Å². The van der Waals surface area contributed by atoms with Gasteiger partial charge in [0.2, 0.25) is 6.29 Å². The molecule has 1 aliphatic rings. The first-order valence-electron chi connectivity index (χ1n) is 18.1. The van der Waals surface area contributed by atoms with E-state index in [0.717, 1.165) is 11.1 Å². The molecule has 0 aromatic heterocycles. The zero-order valence-corrected chi connectivity index (χ0v) is 31.3. The van der Waals surface area contributed by atoms with Crippen molar-refractivity contribution >= 4 is 12.1 Å². The predicted octanol–water partition coefficient (Wildman–Crippen LogP) is 6.44. The number of carbonyl (C=O) groups excluding carboxylic acids is 2. The van der Waals surface area contributed by atoms with E-state index in [1.54, 1.807) is 30.3 Å². The predicted molar refractivity (Wildman–Crippen MR) is 206 cm³/mol. The molecular formula is C44H53NO9. The molecule has 5 rings (SSSR count). The summed E-state index contributed by atoms with van der Waals surface area (Å²) in [6, 6.07) is 37.1. The summed E-state index contributed by atoms with van der Waals surface area (Å²) in [7, 11) is 0. The molecule has 0 unspecified atom stereocenters. The first-order chi connectivity index (χ1) is 25.7. The Hall–Kier alpha value is -4.84. The molecular weight excluding hydrogens is 686 g/mol. The summed E-state index contributed by atoms with van der Waals surface area (Å²) in [6.45, 7) is 9.77. The maximum absolute atomic E-state index is 13.1. The van der Waals surface area contributed by atoms with E-state index in [4.69, 9.17) is 25.0 Å². The Morgan fingerprint density at radius 1 is 0.741 bits per heavy atom. The molecule has 0 bridgehead atoms. The van der Waals surface area contributed by atoms with E-state index in [9.17, 15) is 24.9 Å². The summed E-state index contributed by atoms with van der Waals surface area (Å²) in [5.41, 5.74) is 1.61. The summed E-state index contributed by atoms with van der Waals surface area (Å²) < 4.78 is 11.2. The van der Waals surface area contributed by atoms with Gasteiger partial charge in [-0.15, -0.1) is 4.89 Å². The second-order valence-electron chi connectivity index (χ2n) is 14.9. The number of rotatable bonds is 14. The second-order valence-corrected chi connectivity index (χ2v) is 14.9. The summed E-state index contributed by atoms with van der Waals surface area (Å²) >= 11 is 0. The normalized spacial score (nSPS) is 23.7. The van der Waals surface area contributed by atoms with Crippen LogP contribution in [0.5, 0.6) is 0 Å². The average molecular weight is 740 g/mol. The number of primary amides is 1. The molecule has 0 radical (unpaired) electrons. The number of hydrogen-bond donors (Lipinski definition) is 4. The highest BCUT2D eigenvalue weighted by atomic mass is 17.2. The van der Waals surface area contributed by atoms with Crippen molar-refractivity contribution in [3.8, 4) is 0 Å². The van der Waals surface area contributed by atoms with E-state index in [0.29, 0.717) is 30.6 Å². The Kier molecular flexibility index (Phi) is 14.7. The molecule has 0 saturated carbocycles. The second kappa shape index (κ2) is 19.0. The van der Waals surface area contributed by atoms with Crippen LogP contribution < -0.4 is 5.73 Å². The maximum Gasteiger partial charge on any atom is 0.436 e. The zero-order valence-electron chi connectivity index (χ0n) is 31.3. The average Bonchev–Trinajstić information content (AvgIpc) is 3.14. The number of nitrogens with two attached hydrogens (primary N) is 1. The number of aryl methyl sites for hydroxylation is 1.